The summed E-state index contributed by atoms with van der Waals surface area (Å²) in [6, 6.07) is 11.6. The lowest BCUT2D eigenvalue weighted by molar-refractivity contribution is 0.0921. The first-order valence-electron chi connectivity index (χ1n) is 6.37. The van der Waals surface area contributed by atoms with Gasteiger partial charge in [-0.05, 0) is 17.5 Å². The number of aromatic amines is 1. The number of benzene rings is 1. The predicted molar refractivity (Wildman–Crippen MR) is 76.7 cm³/mol. The number of carbonyl (C=O) groups excluding carboxylic acids is 1. The molecule has 0 aliphatic heterocycles. The van der Waals surface area contributed by atoms with E-state index in [0.717, 1.165) is 5.56 Å². The Bertz CT molecular complexity index is 546. The third-order valence-electron chi connectivity index (χ3n) is 3.06. The SMILES string of the molecule is CC(C)C(NC(=O)c1cc(N)c[nH]1)c1ccccc1. The zero-order valence-electron chi connectivity index (χ0n) is 11.2. The van der Waals surface area contributed by atoms with Crippen molar-refractivity contribution in [1.29, 1.82) is 0 Å². The molecule has 4 heteroatoms. The third kappa shape index (κ3) is 3.16. The van der Waals surface area contributed by atoms with Gasteiger partial charge in [0.1, 0.15) is 5.69 Å². The summed E-state index contributed by atoms with van der Waals surface area (Å²) < 4.78 is 0. The second-order valence-electron chi connectivity index (χ2n) is 4.95. The van der Waals surface area contributed by atoms with E-state index < -0.39 is 0 Å². The predicted octanol–water partition coefficient (Wildman–Crippen LogP) is 2.72. The molecular formula is C15H19N3O. The molecule has 4 N–H and O–H groups in total. The largest absolute Gasteiger partial charge is 0.397 e. The van der Waals surface area contributed by atoms with Gasteiger partial charge in [-0.25, -0.2) is 0 Å². The Balaban J connectivity index is 2.16. The van der Waals surface area contributed by atoms with Crippen molar-refractivity contribution in [2.45, 2.75) is 19.9 Å². The standard InChI is InChI=1S/C15H19N3O/c1-10(2)14(11-6-4-3-5-7-11)18-15(19)13-8-12(16)9-17-13/h3-10,14,17H,16H2,1-2H3,(H,18,19). The molecular weight excluding hydrogens is 238 g/mol. The van der Waals surface area contributed by atoms with Gasteiger partial charge in [0.2, 0.25) is 0 Å². The average molecular weight is 257 g/mol. The second kappa shape index (κ2) is 5.61. The maximum atomic E-state index is 12.1. The van der Waals surface area contributed by atoms with Crippen LogP contribution >= 0.6 is 0 Å². The van der Waals surface area contributed by atoms with Crippen molar-refractivity contribution in [2.75, 3.05) is 5.73 Å². The second-order valence-corrected chi connectivity index (χ2v) is 4.95. The zero-order valence-corrected chi connectivity index (χ0v) is 11.2. The van der Waals surface area contributed by atoms with Crippen molar-refractivity contribution in [3.8, 4) is 0 Å². The molecule has 0 aliphatic rings. The molecule has 0 saturated carbocycles. The molecule has 1 unspecified atom stereocenters. The maximum absolute atomic E-state index is 12.1. The number of H-pyrrole nitrogens is 1. The molecule has 1 aromatic heterocycles. The Morgan fingerprint density at radius 1 is 1.26 bits per heavy atom. The summed E-state index contributed by atoms with van der Waals surface area (Å²) in [4.78, 5) is 15.0. The van der Waals surface area contributed by atoms with Gasteiger partial charge in [0.05, 0.1) is 6.04 Å². The molecule has 0 bridgehead atoms. The maximum Gasteiger partial charge on any atom is 0.268 e. The lowest BCUT2D eigenvalue weighted by Gasteiger charge is -2.22. The molecule has 0 fully saturated rings. The van der Waals surface area contributed by atoms with E-state index in [4.69, 9.17) is 5.73 Å². The molecule has 0 spiro atoms. The van der Waals surface area contributed by atoms with E-state index in [1.165, 1.54) is 0 Å². The molecule has 2 aromatic rings. The summed E-state index contributed by atoms with van der Waals surface area (Å²) in [6.45, 7) is 4.17. The van der Waals surface area contributed by atoms with E-state index >= 15 is 0 Å². The highest BCUT2D eigenvalue weighted by Gasteiger charge is 2.19. The van der Waals surface area contributed by atoms with Crippen LogP contribution in [-0.2, 0) is 0 Å². The van der Waals surface area contributed by atoms with Gasteiger partial charge in [-0.1, -0.05) is 44.2 Å². The molecule has 1 aromatic carbocycles. The van der Waals surface area contributed by atoms with E-state index in [-0.39, 0.29) is 11.9 Å². The van der Waals surface area contributed by atoms with Crippen LogP contribution in [-0.4, -0.2) is 10.9 Å². The van der Waals surface area contributed by atoms with Crippen LogP contribution in [0, 0.1) is 5.92 Å². The van der Waals surface area contributed by atoms with Crippen molar-refractivity contribution in [2.24, 2.45) is 5.92 Å². The van der Waals surface area contributed by atoms with Crippen molar-refractivity contribution in [1.82, 2.24) is 10.3 Å². The molecule has 1 amide bonds. The summed E-state index contributed by atoms with van der Waals surface area (Å²) in [5, 5.41) is 3.04. The van der Waals surface area contributed by atoms with Gasteiger partial charge in [0, 0.05) is 11.9 Å². The lowest BCUT2D eigenvalue weighted by Crippen LogP contribution is -2.31. The van der Waals surface area contributed by atoms with E-state index in [0.29, 0.717) is 17.3 Å². The van der Waals surface area contributed by atoms with Crippen LogP contribution < -0.4 is 11.1 Å². The number of nitrogens with two attached hydrogens (primary N) is 1. The minimum atomic E-state index is -0.140. The summed E-state index contributed by atoms with van der Waals surface area (Å²) >= 11 is 0. The summed E-state index contributed by atoms with van der Waals surface area (Å²) in [7, 11) is 0. The van der Waals surface area contributed by atoms with Gasteiger partial charge in [0.15, 0.2) is 0 Å². The van der Waals surface area contributed by atoms with Crippen LogP contribution in [0.5, 0.6) is 0 Å². The zero-order chi connectivity index (χ0) is 13.8. The molecule has 1 atom stereocenters. The van der Waals surface area contributed by atoms with Crippen molar-refractivity contribution < 1.29 is 4.79 Å². The summed E-state index contributed by atoms with van der Waals surface area (Å²) in [5.41, 5.74) is 7.76. The van der Waals surface area contributed by atoms with Gasteiger partial charge >= 0.3 is 0 Å². The average Bonchev–Trinajstić information content (AvgIpc) is 2.83. The first kappa shape index (κ1) is 13.2. The number of anilines is 1. The third-order valence-corrected chi connectivity index (χ3v) is 3.06. The van der Waals surface area contributed by atoms with Crippen LogP contribution in [0.1, 0.15) is 35.9 Å². The highest BCUT2D eigenvalue weighted by molar-refractivity contribution is 5.93. The molecule has 0 saturated heterocycles. The molecule has 2 rings (SSSR count). The van der Waals surface area contributed by atoms with Gasteiger partial charge in [-0.2, -0.15) is 0 Å². The Morgan fingerprint density at radius 3 is 2.47 bits per heavy atom. The fraction of sp³-hybridized carbons (Fsp3) is 0.267. The fourth-order valence-corrected chi connectivity index (χ4v) is 2.06. The summed E-state index contributed by atoms with van der Waals surface area (Å²) in [5.74, 6) is 0.165. The molecule has 1 heterocycles. The van der Waals surface area contributed by atoms with Crippen LogP contribution in [0.3, 0.4) is 0 Å². The molecule has 100 valence electrons. The molecule has 19 heavy (non-hydrogen) atoms. The lowest BCUT2D eigenvalue weighted by atomic mass is 9.96. The van der Waals surface area contributed by atoms with Crippen molar-refractivity contribution >= 4 is 11.6 Å². The minimum Gasteiger partial charge on any atom is -0.397 e. The minimum absolute atomic E-state index is 0.0155. The Kier molecular flexibility index (Phi) is 3.90. The number of nitrogen functional groups attached to an aromatic ring is 1. The highest BCUT2D eigenvalue weighted by atomic mass is 16.1. The highest BCUT2D eigenvalue weighted by Crippen LogP contribution is 2.21. The van der Waals surface area contributed by atoms with Crippen LogP contribution in [0.2, 0.25) is 0 Å². The van der Waals surface area contributed by atoms with Crippen LogP contribution in [0.4, 0.5) is 5.69 Å². The first-order chi connectivity index (χ1) is 9.08. The number of rotatable bonds is 4. The van der Waals surface area contributed by atoms with Crippen molar-refractivity contribution in [3.05, 3.63) is 53.9 Å². The molecule has 0 radical (unpaired) electrons. The fourth-order valence-electron chi connectivity index (χ4n) is 2.06. The number of amides is 1. The molecule has 0 aliphatic carbocycles. The van der Waals surface area contributed by atoms with E-state index in [9.17, 15) is 4.79 Å². The van der Waals surface area contributed by atoms with Gasteiger partial charge < -0.3 is 16.0 Å². The van der Waals surface area contributed by atoms with Crippen LogP contribution in [0.25, 0.3) is 0 Å². The number of carbonyl (C=O) groups is 1. The van der Waals surface area contributed by atoms with Gasteiger partial charge in [-0.15, -0.1) is 0 Å². The quantitative estimate of drug-likeness (QED) is 0.788. The Hall–Kier alpha value is -2.23. The number of hydrogen-bond donors (Lipinski definition) is 3. The van der Waals surface area contributed by atoms with E-state index in [1.807, 2.05) is 30.3 Å². The van der Waals surface area contributed by atoms with Gasteiger partial charge in [0.25, 0.3) is 5.91 Å². The smallest absolute Gasteiger partial charge is 0.268 e. The van der Waals surface area contributed by atoms with Gasteiger partial charge in [-0.3, -0.25) is 4.79 Å². The number of hydrogen-bond acceptors (Lipinski definition) is 2. The monoisotopic (exact) mass is 257 g/mol. The topological polar surface area (TPSA) is 70.9 Å². The Labute approximate surface area is 113 Å². The number of nitrogens with one attached hydrogen (secondary N) is 2. The normalized spacial score (nSPS) is 12.4. The molecule has 4 nitrogen and oxygen atoms in total. The summed E-state index contributed by atoms with van der Waals surface area (Å²) in [6.07, 6.45) is 1.61. The Morgan fingerprint density at radius 2 is 1.95 bits per heavy atom. The van der Waals surface area contributed by atoms with E-state index in [1.54, 1.807) is 12.3 Å². The van der Waals surface area contributed by atoms with Crippen molar-refractivity contribution in [3.63, 3.8) is 0 Å². The first-order valence-corrected chi connectivity index (χ1v) is 6.37. The number of aromatic nitrogens is 1. The van der Waals surface area contributed by atoms with Crippen LogP contribution in [0.15, 0.2) is 42.6 Å². The van der Waals surface area contributed by atoms with E-state index in [2.05, 4.69) is 24.1 Å².